The van der Waals surface area contributed by atoms with Gasteiger partial charge in [-0.05, 0) is 30.7 Å². The quantitative estimate of drug-likeness (QED) is 0.282. The Hall–Kier alpha value is -3.81. The minimum absolute atomic E-state index is 0.125. The van der Waals surface area contributed by atoms with Gasteiger partial charge in [0.2, 0.25) is 12.2 Å². The van der Waals surface area contributed by atoms with Gasteiger partial charge in [0.15, 0.2) is 0 Å². The average Bonchev–Trinajstić information content (AvgIpc) is 3.41. The molecule has 11 nitrogen and oxygen atoms in total. The van der Waals surface area contributed by atoms with Crippen LogP contribution in [0.1, 0.15) is 35.7 Å². The van der Waals surface area contributed by atoms with Crippen molar-refractivity contribution in [1.29, 1.82) is 0 Å². The number of hydrogen-bond acceptors (Lipinski definition) is 8. The largest absolute Gasteiger partial charge is 0.480 e. The predicted octanol–water partition coefficient (Wildman–Crippen LogP) is 2.16. The molecule has 4 unspecified atom stereocenters. The number of cyclic esters (lactones) is 1. The Balaban J connectivity index is 0.000000249. The molecule has 4 atom stereocenters. The topological polar surface area (TPSA) is 174 Å². The average molecular weight is 583 g/mol. The van der Waals surface area contributed by atoms with Crippen LogP contribution in [0.15, 0.2) is 48.5 Å². The lowest BCUT2D eigenvalue weighted by molar-refractivity contribution is -0.166. The van der Waals surface area contributed by atoms with Gasteiger partial charge in [-0.25, -0.2) is 13.6 Å². The van der Waals surface area contributed by atoms with E-state index in [1.54, 1.807) is 0 Å². The molecule has 2 aliphatic heterocycles. The number of likely N-dealkylation sites (tertiary alicyclic amines) is 1. The minimum atomic E-state index is -3.28. The Morgan fingerprint density at radius 1 is 1.25 bits per heavy atom. The third-order valence-electron chi connectivity index (χ3n) is 6.08. The molecule has 2 aromatic carbocycles. The van der Waals surface area contributed by atoms with E-state index in [1.807, 2.05) is 30.3 Å². The van der Waals surface area contributed by atoms with E-state index in [0.717, 1.165) is 5.56 Å². The molecule has 40 heavy (non-hydrogen) atoms. The predicted molar refractivity (Wildman–Crippen MR) is 139 cm³/mol. The van der Waals surface area contributed by atoms with E-state index in [4.69, 9.17) is 37.6 Å². The molecule has 0 saturated carbocycles. The van der Waals surface area contributed by atoms with E-state index >= 15 is 0 Å². The van der Waals surface area contributed by atoms with Gasteiger partial charge < -0.3 is 36.3 Å². The molecular weight excluding hydrogens is 554 g/mol. The van der Waals surface area contributed by atoms with Crippen molar-refractivity contribution < 1.29 is 42.5 Å². The van der Waals surface area contributed by atoms with Crippen LogP contribution in [0.5, 0.6) is 0 Å². The summed E-state index contributed by atoms with van der Waals surface area (Å²) in [5, 5.41) is 11.5. The van der Waals surface area contributed by atoms with Crippen LogP contribution in [0.25, 0.3) is 0 Å². The summed E-state index contributed by atoms with van der Waals surface area (Å²) in [5.74, 6) is -6.66. The fraction of sp³-hybridized carbons (Fsp3) is 0.385. The van der Waals surface area contributed by atoms with Crippen molar-refractivity contribution >= 4 is 41.0 Å². The van der Waals surface area contributed by atoms with Crippen LogP contribution in [0, 0.1) is 0 Å². The second-order valence-corrected chi connectivity index (χ2v) is 9.74. The first-order valence-corrected chi connectivity index (χ1v) is 12.5. The first-order valence-electron chi connectivity index (χ1n) is 12.1. The van der Waals surface area contributed by atoms with E-state index in [1.165, 1.54) is 25.1 Å². The van der Waals surface area contributed by atoms with E-state index < -0.39 is 55.0 Å². The summed E-state index contributed by atoms with van der Waals surface area (Å²) in [6.45, 7) is 0.692. The smallest absolute Gasteiger partial charge is 0.326 e. The SMILES string of the molecule is CC(NC(=O)c1ccc(N)c(Cl)c1)C(=O)N1CC(F)(F)CC1C(=O)O.NC1CC(=O)OC1OCc1ccccc1. The number of aliphatic carboxylic acids is 1. The summed E-state index contributed by atoms with van der Waals surface area (Å²) in [4.78, 5) is 47.0. The highest BCUT2D eigenvalue weighted by Gasteiger charge is 2.50. The van der Waals surface area contributed by atoms with Gasteiger partial charge in [0.25, 0.3) is 11.8 Å². The molecule has 0 radical (unpaired) electrons. The number of nitrogens with one attached hydrogen (secondary N) is 1. The molecule has 2 fully saturated rings. The number of rotatable bonds is 7. The van der Waals surface area contributed by atoms with Crippen molar-refractivity contribution in [2.24, 2.45) is 5.73 Å². The number of hydrogen-bond donors (Lipinski definition) is 4. The number of nitrogens with two attached hydrogens (primary N) is 2. The molecule has 2 saturated heterocycles. The van der Waals surface area contributed by atoms with E-state index in [2.05, 4.69) is 5.32 Å². The molecule has 6 N–H and O–H groups in total. The van der Waals surface area contributed by atoms with Crippen LogP contribution in [0.2, 0.25) is 5.02 Å². The maximum Gasteiger partial charge on any atom is 0.326 e. The second-order valence-electron chi connectivity index (χ2n) is 9.33. The molecule has 0 aromatic heterocycles. The lowest BCUT2D eigenvalue weighted by atomic mass is 10.1. The summed E-state index contributed by atoms with van der Waals surface area (Å²) < 4.78 is 37.2. The maximum absolute atomic E-state index is 13.5. The highest BCUT2D eigenvalue weighted by Crippen LogP contribution is 2.32. The number of esters is 1. The number of anilines is 1. The second kappa shape index (κ2) is 13.0. The molecule has 0 spiro atoms. The van der Waals surface area contributed by atoms with Gasteiger partial charge in [0.05, 0.1) is 36.3 Å². The molecular formula is C26H29ClF2N4O7. The molecule has 0 aliphatic carbocycles. The van der Waals surface area contributed by atoms with E-state index in [-0.39, 0.29) is 34.7 Å². The van der Waals surface area contributed by atoms with Gasteiger partial charge >= 0.3 is 11.9 Å². The number of halogens is 3. The highest BCUT2D eigenvalue weighted by molar-refractivity contribution is 6.33. The van der Waals surface area contributed by atoms with Crippen molar-refractivity contribution in [3.63, 3.8) is 0 Å². The number of carboxylic acid groups (broad SMARTS) is 1. The van der Waals surface area contributed by atoms with E-state index in [9.17, 15) is 28.0 Å². The van der Waals surface area contributed by atoms with E-state index in [0.29, 0.717) is 11.5 Å². The lowest BCUT2D eigenvalue weighted by Crippen LogP contribution is -2.50. The molecule has 2 amide bonds. The van der Waals surface area contributed by atoms with Crippen molar-refractivity contribution in [1.82, 2.24) is 10.2 Å². The first kappa shape index (κ1) is 30.7. The van der Waals surface area contributed by atoms with Crippen molar-refractivity contribution in [3.8, 4) is 0 Å². The first-order chi connectivity index (χ1) is 18.8. The fourth-order valence-corrected chi connectivity index (χ4v) is 4.17. The van der Waals surface area contributed by atoms with Crippen LogP contribution in [0.4, 0.5) is 14.5 Å². The lowest BCUT2D eigenvalue weighted by Gasteiger charge is -2.25. The Morgan fingerprint density at radius 3 is 2.50 bits per heavy atom. The fourth-order valence-electron chi connectivity index (χ4n) is 3.99. The van der Waals surface area contributed by atoms with Gasteiger partial charge in [-0.2, -0.15) is 0 Å². The number of carboxylic acids is 1. The van der Waals surface area contributed by atoms with Gasteiger partial charge in [0, 0.05) is 12.0 Å². The Labute approximate surface area is 233 Å². The van der Waals surface area contributed by atoms with Crippen LogP contribution >= 0.6 is 11.6 Å². The minimum Gasteiger partial charge on any atom is -0.480 e. The van der Waals surface area contributed by atoms with Crippen LogP contribution in [-0.2, 0) is 30.5 Å². The molecule has 2 aliphatic rings. The number of carbonyl (C=O) groups excluding carboxylic acids is 3. The Morgan fingerprint density at radius 2 is 1.93 bits per heavy atom. The third kappa shape index (κ3) is 8.10. The molecule has 2 heterocycles. The molecule has 14 heteroatoms. The Kier molecular flexibility index (Phi) is 10.0. The summed E-state index contributed by atoms with van der Waals surface area (Å²) in [5.41, 5.74) is 12.6. The summed E-state index contributed by atoms with van der Waals surface area (Å²) in [7, 11) is 0. The van der Waals surface area contributed by atoms with Crippen molar-refractivity contribution in [3.05, 3.63) is 64.7 Å². The number of nitrogen functional groups attached to an aromatic ring is 1. The molecule has 4 rings (SSSR count). The van der Waals surface area contributed by atoms with Crippen LogP contribution < -0.4 is 16.8 Å². The number of ether oxygens (including phenoxy) is 2. The molecule has 2 aromatic rings. The Bertz CT molecular complexity index is 1250. The summed E-state index contributed by atoms with van der Waals surface area (Å²) in [6.07, 6.45) is -1.32. The zero-order chi connectivity index (χ0) is 29.6. The van der Waals surface area contributed by atoms with Crippen molar-refractivity contribution in [2.45, 2.75) is 56.7 Å². The van der Waals surface area contributed by atoms with Crippen LogP contribution in [-0.4, -0.2) is 70.6 Å². The standard InChI is InChI=1S/C15H16ClF2N3O4.C11H13NO3/c1-7(20-12(22)8-2-3-10(19)9(16)4-8)13(23)21-6-15(17,18)5-11(21)14(24)25;12-9-6-10(13)15-11(9)14-7-8-4-2-1-3-5-8/h2-4,7,11H,5-6,19H2,1H3,(H,20,22)(H,24,25);1-5,9,11H,6-7,12H2. The zero-order valence-corrected chi connectivity index (χ0v) is 22.1. The van der Waals surface area contributed by atoms with Gasteiger partial charge in [-0.3, -0.25) is 14.4 Å². The number of alkyl halides is 2. The van der Waals surface area contributed by atoms with Crippen molar-refractivity contribution in [2.75, 3.05) is 12.3 Å². The molecule has 0 bridgehead atoms. The monoisotopic (exact) mass is 582 g/mol. The number of amides is 2. The summed E-state index contributed by atoms with van der Waals surface area (Å²) >= 11 is 5.82. The molecule has 216 valence electrons. The van der Waals surface area contributed by atoms with Gasteiger partial charge in [-0.1, -0.05) is 41.9 Å². The zero-order valence-electron chi connectivity index (χ0n) is 21.4. The van der Waals surface area contributed by atoms with Gasteiger partial charge in [-0.15, -0.1) is 0 Å². The number of benzene rings is 2. The van der Waals surface area contributed by atoms with Gasteiger partial charge in [0.1, 0.15) is 12.1 Å². The summed E-state index contributed by atoms with van der Waals surface area (Å²) in [6, 6.07) is 10.6. The normalized spacial score (nSPS) is 22.1. The number of carbonyl (C=O) groups is 4. The third-order valence-corrected chi connectivity index (χ3v) is 6.40. The highest BCUT2D eigenvalue weighted by atomic mass is 35.5. The maximum atomic E-state index is 13.5. The van der Waals surface area contributed by atoms with Crippen LogP contribution in [0.3, 0.4) is 0 Å². The number of nitrogens with zero attached hydrogens (tertiary/aromatic N) is 1.